The quantitative estimate of drug-likeness (QED) is 0.235. The molecule has 3 aromatic rings. The molecule has 1 fully saturated rings. The van der Waals surface area contributed by atoms with E-state index in [2.05, 4.69) is 6.58 Å². The van der Waals surface area contributed by atoms with E-state index in [1.54, 1.807) is 0 Å². The van der Waals surface area contributed by atoms with Crippen LogP contribution in [0.2, 0.25) is 0 Å². The highest BCUT2D eigenvalue weighted by atomic mass is 19.2. The Morgan fingerprint density at radius 1 is 0.848 bits per heavy atom. The number of rotatable bonds is 6. The summed E-state index contributed by atoms with van der Waals surface area (Å²) in [5.74, 6) is -4.21. The van der Waals surface area contributed by atoms with Crippen LogP contribution in [0.1, 0.15) is 24.5 Å². The standard InChI is InChI=1S/C26H21BF4O2/c1-2-15-3-11-21(32-13-15)20-9-8-18(23(28)25(20)30)16-4-6-17(7-5-16)19-10-12-22(33-14-27)26(31)24(19)29/h2,4-10,12,15,21H,1,3,11,13-14H2. The first-order valence-electron chi connectivity index (χ1n) is 10.6. The average Bonchev–Trinajstić information content (AvgIpc) is 2.84. The van der Waals surface area contributed by atoms with Crippen LogP contribution in [-0.4, -0.2) is 21.0 Å². The lowest BCUT2D eigenvalue weighted by atomic mass is 9.92. The van der Waals surface area contributed by atoms with Crippen LogP contribution < -0.4 is 4.74 Å². The van der Waals surface area contributed by atoms with Crippen molar-refractivity contribution in [2.24, 2.45) is 5.92 Å². The van der Waals surface area contributed by atoms with Crippen molar-refractivity contribution < 1.29 is 27.0 Å². The maximum atomic E-state index is 14.9. The topological polar surface area (TPSA) is 18.5 Å². The van der Waals surface area contributed by atoms with Crippen LogP contribution in [0.4, 0.5) is 17.6 Å². The summed E-state index contributed by atoms with van der Waals surface area (Å²) in [5, 5.41) is 0. The Kier molecular flexibility index (Phi) is 6.89. The molecule has 0 aliphatic carbocycles. The van der Waals surface area contributed by atoms with Gasteiger partial charge in [0, 0.05) is 29.1 Å². The van der Waals surface area contributed by atoms with Crippen LogP contribution in [-0.2, 0) is 4.74 Å². The van der Waals surface area contributed by atoms with Gasteiger partial charge >= 0.3 is 0 Å². The summed E-state index contributed by atoms with van der Waals surface area (Å²) < 4.78 is 68.9. The predicted octanol–water partition coefficient (Wildman–Crippen LogP) is 6.74. The van der Waals surface area contributed by atoms with E-state index in [0.29, 0.717) is 24.2 Å². The van der Waals surface area contributed by atoms with E-state index in [0.717, 1.165) is 6.42 Å². The third-order valence-corrected chi connectivity index (χ3v) is 5.90. The van der Waals surface area contributed by atoms with Crippen molar-refractivity contribution in [2.75, 3.05) is 13.1 Å². The summed E-state index contributed by atoms with van der Waals surface area (Å²) in [6, 6.07) is 11.8. The van der Waals surface area contributed by atoms with Crippen molar-refractivity contribution in [1.29, 1.82) is 0 Å². The van der Waals surface area contributed by atoms with E-state index in [1.807, 2.05) is 6.08 Å². The molecule has 1 aliphatic rings. The van der Waals surface area contributed by atoms with E-state index >= 15 is 0 Å². The third-order valence-electron chi connectivity index (χ3n) is 5.90. The molecule has 0 bridgehead atoms. The van der Waals surface area contributed by atoms with E-state index in [4.69, 9.17) is 17.3 Å². The maximum Gasteiger partial charge on any atom is 0.201 e. The molecule has 1 saturated heterocycles. The van der Waals surface area contributed by atoms with Crippen LogP contribution in [0.3, 0.4) is 0 Å². The van der Waals surface area contributed by atoms with Crippen molar-refractivity contribution in [3.05, 3.63) is 90.0 Å². The Hall–Kier alpha value is -3.06. The predicted molar refractivity (Wildman–Crippen MR) is 120 cm³/mol. The summed E-state index contributed by atoms with van der Waals surface area (Å²) in [6.45, 7) is 3.88. The van der Waals surface area contributed by atoms with Gasteiger partial charge in [-0.15, -0.1) is 6.58 Å². The van der Waals surface area contributed by atoms with Gasteiger partial charge < -0.3 is 9.47 Å². The molecular formula is C26H21BF4O2. The summed E-state index contributed by atoms with van der Waals surface area (Å²) >= 11 is 0. The van der Waals surface area contributed by atoms with E-state index in [1.165, 1.54) is 48.5 Å². The van der Waals surface area contributed by atoms with Gasteiger partial charge in [0.15, 0.2) is 23.2 Å². The molecule has 3 aromatic carbocycles. The highest BCUT2D eigenvalue weighted by Crippen LogP contribution is 2.36. The van der Waals surface area contributed by atoms with Crippen LogP contribution in [0.25, 0.3) is 22.3 Å². The molecule has 0 N–H and O–H groups in total. The second-order valence-corrected chi connectivity index (χ2v) is 7.85. The SMILES string of the molecule is [B]COc1ccc(-c2ccc(-c3ccc(C4CCC(C=C)CO4)c(F)c3F)cc2)c(F)c1F. The summed E-state index contributed by atoms with van der Waals surface area (Å²) in [4.78, 5) is 0. The zero-order valence-electron chi connectivity index (χ0n) is 17.8. The Labute approximate surface area is 191 Å². The summed E-state index contributed by atoms with van der Waals surface area (Å²) in [7, 11) is 5.21. The molecule has 33 heavy (non-hydrogen) atoms. The number of hydrogen-bond acceptors (Lipinski definition) is 2. The van der Waals surface area contributed by atoms with E-state index in [-0.39, 0.29) is 34.9 Å². The minimum Gasteiger partial charge on any atom is -0.500 e. The highest BCUT2D eigenvalue weighted by molar-refractivity contribution is 6.08. The Morgan fingerprint density at radius 3 is 2.00 bits per heavy atom. The lowest BCUT2D eigenvalue weighted by Gasteiger charge is -2.28. The molecule has 2 atom stereocenters. The molecule has 0 saturated carbocycles. The Balaban J connectivity index is 1.59. The molecule has 0 amide bonds. The summed E-state index contributed by atoms with van der Waals surface area (Å²) in [5.41, 5.74) is 1.05. The molecule has 1 heterocycles. The van der Waals surface area contributed by atoms with Crippen LogP contribution in [0.5, 0.6) is 5.75 Å². The fourth-order valence-corrected chi connectivity index (χ4v) is 4.02. The first kappa shape index (κ1) is 23.1. The van der Waals surface area contributed by atoms with Crippen LogP contribution in [0, 0.1) is 29.2 Å². The van der Waals surface area contributed by atoms with Crippen molar-refractivity contribution in [2.45, 2.75) is 18.9 Å². The van der Waals surface area contributed by atoms with Gasteiger partial charge in [-0.1, -0.05) is 42.5 Å². The van der Waals surface area contributed by atoms with E-state index in [9.17, 15) is 17.6 Å². The number of hydrogen-bond donors (Lipinski definition) is 0. The van der Waals surface area contributed by atoms with Gasteiger partial charge in [-0.2, -0.15) is 4.39 Å². The fourth-order valence-electron chi connectivity index (χ4n) is 4.02. The van der Waals surface area contributed by atoms with Gasteiger partial charge in [0.25, 0.3) is 0 Å². The molecule has 7 heteroatoms. The third kappa shape index (κ3) is 4.55. The number of halogens is 4. The van der Waals surface area contributed by atoms with Crippen molar-refractivity contribution >= 4 is 7.85 Å². The monoisotopic (exact) mass is 452 g/mol. The molecular weight excluding hydrogens is 431 g/mol. The van der Waals surface area contributed by atoms with Gasteiger partial charge in [-0.05, 0) is 36.1 Å². The average molecular weight is 452 g/mol. The minimum atomic E-state index is -1.14. The van der Waals surface area contributed by atoms with E-state index < -0.39 is 29.4 Å². The normalized spacial score (nSPS) is 18.2. The minimum absolute atomic E-state index is 0.0118. The highest BCUT2D eigenvalue weighted by Gasteiger charge is 2.26. The largest absolute Gasteiger partial charge is 0.500 e. The van der Waals surface area contributed by atoms with Gasteiger partial charge in [0.05, 0.1) is 12.7 Å². The molecule has 1 aliphatic heterocycles. The second-order valence-electron chi connectivity index (χ2n) is 7.85. The first-order valence-corrected chi connectivity index (χ1v) is 10.6. The second kappa shape index (κ2) is 9.83. The van der Waals surface area contributed by atoms with Crippen molar-refractivity contribution in [1.82, 2.24) is 0 Å². The zero-order chi connectivity index (χ0) is 23.5. The Bertz CT molecular complexity index is 1160. The van der Waals surface area contributed by atoms with Crippen molar-refractivity contribution in [3.8, 4) is 28.0 Å². The molecule has 4 rings (SSSR count). The first-order chi connectivity index (χ1) is 15.9. The lowest BCUT2D eigenvalue weighted by Crippen LogP contribution is -2.20. The zero-order valence-corrected chi connectivity index (χ0v) is 17.8. The molecule has 2 nitrogen and oxygen atoms in total. The molecule has 168 valence electrons. The molecule has 0 aromatic heterocycles. The lowest BCUT2D eigenvalue weighted by molar-refractivity contribution is -0.00732. The smallest absolute Gasteiger partial charge is 0.201 e. The number of benzene rings is 3. The van der Waals surface area contributed by atoms with Gasteiger partial charge in [0.1, 0.15) is 7.85 Å². The van der Waals surface area contributed by atoms with Crippen molar-refractivity contribution in [3.63, 3.8) is 0 Å². The molecule has 0 spiro atoms. The molecule has 2 unspecified atom stereocenters. The molecule has 2 radical (unpaired) electrons. The summed E-state index contributed by atoms with van der Waals surface area (Å²) in [6.07, 6.45) is 2.69. The number of ether oxygens (including phenoxy) is 2. The van der Waals surface area contributed by atoms with Crippen LogP contribution >= 0.6 is 0 Å². The fraction of sp³-hybridized carbons (Fsp3) is 0.231. The maximum absolute atomic E-state index is 14.9. The van der Waals surface area contributed by atoms with Gasteiger partial charge in [-0.25, -0.2) is 13.2 Å². The Morgan fingerprint density at radius 2 is 1.45 bits per heavy atom. The van der Waals surface area contributed by atoms with Crippen LogP contribution in [0.15, 0.2) is 61.2 Å². The van der Waals surface area contributed by atoms with Gasteiger partial charge in [0.2, 0.25) is 5.82 Å². The van der Waals surface area contributed by atoms with Gasteiger partial charge in [-0.3, -0.25) is 0 Å².